The Morgan fingerprint density at radius 2 is 1.60 bits per heavy atom. The van der Waals surface area contributed by atoms with Gasteiger partial charge in [-0.05, 0) is 60.6 Å². The monoisotopic (exact) mass is 330 g/mol. The highest BCUT2D eigenvalue weighted by Gasteiger charge is 2.55. The molecule has 1 spiro atoms. The summed E-state index contributed by atoms with van der Waals surface area (Å²) in [4.78, 5) is 0. The van der Waals surface area contributed by atoms with Gasteiger partial charge < -0.3 is 4.74 Å². The maximum atomic E-state index is 6.37. The summed E-state index contributed by atoms with van der Waals surface area (Å²) >= 11 is 0. The average molecular weight is 330 g/mol. The minimum atomic E-state index is 0.202. The van der Waals surface area contributed by atoms with Gasteiger partial charge in [-0.2, -0.15) is 0 Å². The minimum absolute atomic E-state index is 0.202. The van der Waals surface area contributed by atoms with E-state index in [4.69, 9.17) is 4.74 Å². The molecule has 1 aliphatic heterocycles. The molecule has 3 atom stereocenters. The van der Waals surface area contributed by atoms with Gasteiger partial charge in [0, 0.05) is 6.61 Å². The fraction of sp³-hybridized carbons (Fsp3) is 0.417. The standard InChI is InChI=1S/C24H26O/c1-2-5-20(6-3-1)21-11-9-18(10-12-21)15-19-16-23-8-4-7-22-13-14-25-24(22,23)17-19/h1-3,5-6,9-12,15,22-23H,4,7-8,13-14,16-17H2/b19-15+/t22-,23+,24-/m0/s1. The Labute approximate surface area is 150 Å². The van der Waals surface area contributed by atoms with Gasteiger partial charge in [-0.1, -0.05) is 72.7 Å². The minimum Gasteiger partial charge on any atom is -0.374 e. The molecule has 0 amide bonds. The van der Waals surface area contributed by atoms with Crippen molar-refractivity contribution in [3.8, 4) is 11.1 Å². The topological polar surface area (TPSA) is 9.23 Å². The quantitative estimate of drug-likeness (QED) is 0.646. The van der Waals surface area contributed by atoms with E-state index in [1.807, 2.05) is 0 Å². The molecule has 0 unspecified atom stereocenters. The second-order valence-electron chi connectivity index (χ2n) is 8.09. The lowest BCUT2D eigenvalue weighted by molar-refractivity contribution is -0.0695. The smallest absolute Gasteiger partial charge is 0.0779 e. The van der Waals surface area contributed by atoms with Crippen LogP contribution in [0.1, 0.15) is 44.1 Å². The van der Waals surface area contributed by atoms with Gasteiger partial charge >= 0.3 is 0 Å². The van der Waals surface area contributed by atoms with Gasteiger partial charge in [0.2, 0.25) is 0 Å². The van der Waals surface area contributed by atoms with Crippen LogP contribution in [0.4, 0.5) is 0 Å². The second kappa shape index (κ2) is 6.14. The van der Waals surface area contributed by atoms with Crippen LogP contribution in [0, 0.1) is 11.8 Å². The fourth-order valence-corrected chi connectivity index (χ4v) is 5.55. The van der Waals surface area contributed by atoms with Crippen molar-refractivity contribution in [3.05, 3.63) is 65.7 Å². The summed E-state index contributed by atoms with van der Waals surface area (Å²) in [5.41, 5.74) is 5.72. The molecule has 2 saturated carbocycles. The lowest BCUT2D eigenvalue weighted by Gasteiger charge is -2.40. The van der Waals surface area contributed by atoms with Gasteiger partial charge in [-0.25, -0.2) is 0 Å². The average Bonchev–Trinajstić information content (AvgIpc) is 3.23. The Morgan fingerprint density at radius 1 is 0.840 bits per heavy atom. The first-order valence-electron chi connectivity index (χ1n) is 9.82. The van der Waals surface area contributed by atoms with Crippen LogP contribution in [0.25, 0.3) is 17.2 Å². The van der Waals surface area contributed by atoms with Gasteiger partial charge in [-0.3, -0.25) is 0 Å². The fourth-order valence-electron chi connectivity index (χ4n) is 5.55. The van der Waals surface area contributed by atoms with Gasteiger partial charge in [-0.15, -0.1) is 0 Å². The van der Waals surface area contributed by atoms with Crippen molar-refractivity contribution >= 4 is 6.08 Å². The molecule has 2 aromatic carbocycles. The van der Waals surface area contributed by atoms with Crippen LogP contribution in [-0.2, 0) is 4.74 Å². The molecule has 1 heterocycles. The molecule has 0 bridgehead atoms. The molecule has 3 aliphatic rings. The SMILES string of the molecule is C(=C1/C[C@H]2CCC[C@H]3CCO[C@@]32C1)/c1ccc(-c2ccccc2)cc1. The van der Waals surface area contributed by atoms with Crippen LogP contribution in [-0.4, -0.2) is 12.2 Å². The summed E-state index contributed by atoms with van der Waals surface area (Å²) in [5.74, 6) is 1.58. The molecule has 128 valence electrons. The van der Waals surface area contributed by atoms with Crippen LogP contribution < -0.4 is 0 Å². The van der Waals surface area contributed by atoms with Crippen molar-refractivity contribution in [1.29, 1.82) is 0 Å². The predicted molar refractivity (Wildman–Crippen MR) is 103 cm³/mol. The molecule has 0 radical (unpaired) electrons. The van der Waals surface area contributed by atoms with Crippen LogP contribution >= 0.6 is 0 Å². The van der Waals surface area contributed by atoms with Crippen molar-refractivity contribution < 1.29 is 4.74 Å². The van der Waals surface area contributed by atoms with Crippen molar-refractivity contribution in [2.45, 2.75) is 44.1 Å². The predicted octanol–water partition coefficient (Wildman–Crippen LogP) is 6.11. The molecule has 5 rings (SSSR count). The molecule has 2 aromatic rings. The van der Waals surface area contributed by atoms with E-state index in [1.54, 1.807) is 5.57 Å². The largest absolute Gasteiger partial charge is 0.374 e. The number of hydrogen-bond donors (Lipinski definition) is 0. The first kappa shape index (κ1) is 15.4. The number of hydrogen-bond acceptors (Lipinski definition) is 1. The molecule has 1 heteroatoms. The Kier molecular flexibility index (Phi) is 3.78. The number of ether oxygens (including phenoxy) is 1. The first-order valence-corrected chi connectivity index (χ1v) is 9.82. The van der Waals surface area contributed by atoms with E-state index < -0.39 is 0 Å². The summed E-state index contributed by atoms with van der Waals surface area (Å²) in [5, 5.41) is 0. The Bertz CT molecular complexity index is 774. The van der Waals surface area contributed by atoms with Crippen LogP contribution in [0.15, 0.2) is 60.2 Å². The Morgan fingerprint density at radius 3 is 2.44 bits per heavy atom. The van der Waals surface area contributed by atoms with Crippen LogP contribution in [0.3, 0.4) is 0 Å². The van der Waals surface area contributed by atoms with Crippen molar-refractivity contribution in [2.75, 3.05) is 6.61 Å². The summed E-state index contributed by atoms with van der Waals surface area (Å²) < 4.78 is 6.37. The number of rotatable bonds is 2. The molecule has 25 heavy (non-hydrogen) atoms. The van der Waals surface area contributed by atoms with E-state index in [-0.39, 0.29) is 5.60 Å². The zero-order valence-electron chi connectivity index (χ0n) is 14.8. The zero-order chi connectivity index (χ0) is 16.7. The highest BCUT2D eigenvalue weighted by molar-refractivity contribution is 5.66. The summed E-state index contributed by atoms with van der Waals surface area (Å²) in [6.45, 7) is 0.986. The van der Waals surface area contributed by atoms with E-state index in [0.717, 1.165) is 18.4 Å². The van der Waals surface area contributed by atoms with Gasteiger partial charge in [0.25, 0.3) is 0 Å². The molecule has 0 aromatic heterocycles. The van der Waals surface area contributed by atoms with E-state index in [2.05, 4.69) is 60.7 Å². The summed E-state index contributed by atoms with van der Waals surface area (Å²) in [6.07, 6.45) is 10.3. The van der Waals surface area contributed by atoms with Crippen LogP contribution in [0.2, 0.25) is 0 Å². The summed E-state index contributed by atoms with van der Waals surface area (Å²) in [7, 11) is 0. The van der Waals surface area contributed by atoms with E-state index in [9.17, 15) is 0 Å². The van der Waals surface area contributed by atoms with E-state index in [0.29, 0.717) is 0 Å². The molecular formula is C24H26O. The van der Waals surface area contributed by atoms with E-state index in [1.165, 1.54) is 55.2 Å². The molecular weight excluding hydrogens is 304 g/mol. The van der Waals surface area contributed by atoms with E-state index >= 15 is 0 Å². The lowest BCUT2D eigenvalue weighted by atomic mass is 9.70. The maximum Gasteiger partial charge on any atom is 0.0779 e. The second-order valence-corrected chi connectivity index (χ2v) is 8.09. The lowest BCUT2D eigenvalue weighted by Crippen LogP contribution is -2.42. The van der Waals surface area contributed by atoms with Crippen LogP contribution in [0.5, 0.6) is 0 Å². The number of benzene rings is 2. The molecule has 1 nitrogen and oxygen atoms in total. The summed E-state index contributed by atoms with van der Waals surface area (Å²) in [6, 6.07) is 19.6. The molecule has 1 saturated heterocycles. The Balaban J connectivity index is 1.38. The van der Waals surface area contributed by atoms with Gasteiger partial charge in [0.1, 0.15) is 0 Å². The van der Waals surface area contributed by atoms with Gasteiger partial charge in [0.15, 0.2) is 0 Å². The Hall–Kier alpha value is -1.86. The van der Waals surface area contributed by atoms with Gasteiger partial charge in [0.05, 0.1) is 5.60 Å². The third kappa shape index (κ3) is 2.66. The molecule has 3 fully saturated rings. The van der Waals surface area contributed by atoms with Crippen molar-refractivity contribution in [3.63, 3.8) is 0 Å². The first-order chi connectivity index (χ1) is 12.3. The highest BCUT2D eigenvalue weighted by Crippen LogP contribution is 2.57. The third-order valence-corrected chi connectivity index (χ3v) is 6.72. The third-order valence-electron chi connectivity index (χ3n) is 6.72. The van der Waals surface area contributed by atoms with Crippen molar-refractivity contribution in [2.24, 2.45) is 11.8 Å². The normalized spacial score (nSPS) is 32.6. The van der Waals surface area contributed by atoms with Crippen molar-refractivity contribution in [1.82, 2.24) is 0 Å². The highest BCUT2D eigenvalue weighted by atomic mass is 16.5. The zero-order valence-corrected chi connectivity index (χ0v) is 14.8. The molecule has 2 aliphatic carbocycles. The maximum absolute atomic E-state index is 6.37. The molecule has 0 N–H and O–H groups in total.